The number of halogens is 1. The zero-order valence-electron chi connectivity index (χ0n) is 7.87. The highest BCUT2D eigenvalue weighted by atomic mass is 79.9. The third-order valence-electron chi connectivity index (χ3n) is 2.30. The second-order valence-corrected chi connectivity index (χ2v) is 5.29. The SMILES string of the molecule is Brc1ccsc1COCC1CCOC1. The minimum atomic E-state index is 0.605. The first kappa shape index (κ1) is 10.6. The van der Waals surface area contributed by atoms with Gasteiger partial charge in [0.1, 0.15) is 0 Å². The van der Waals surface area contributed by atoms with E-state index in [0.29, 0.717) is 5.92 Å². The lowest BCUT2D eigenvalue weighted by Gasteiger charge is -2.07. The predicted octanol–water partition coefficient (Wildman–Crippen LogP) is 3.06. The second kappa shape index (κ2) is 5.26. The monoisotopic (exact) mass is 276 g/mol. The Morgan fingerprint density at radius 3 is 3.21 bits per heavy atom. The molecule has 4 heteroatoms. The van der Waals surface area contributed by atoms with Crippen molar-refractivity contribution >= 4 is 27.3 Å². The zero-order chi connectivity index (χ0) is 9.80. The van der Waals surface area contributed by atoms with Crippen LogP contribution in [0.5, 0.6) is 0 Å². The molecule has 1 saturated heterocycles. The Morgan fingerprint density at radius 1 is 1.64 bits per heavy atom. The van der Waals surface area contributed by atoms with Crippen molar-refractivity contribution in [3.63, 3.8) is 0 Å². The molecule has 1 atom stereocenters. The lowest BCUT2D eigenvalue weighted by molar-refractivity contribution is 0.0804. The first-order valence-corrected chi connectivity index (χ1v) is 6.41. The van der Waals surface area contributed by atoms with E-state index in [0.717, 1.165) is 37.3 Å². The van der Waals surface area contributed by atoms with Crippen molar-refractivity contribution in [2.24, 2.45) is 5.92 Å². The molecule has 2 nitrogen and oxygen atoms in total. The highest BCUT2D eigenvalue weighted by Gasteiger charge is 2.15. The van der Waals surface area contributed by atoms with E-state index >= 15 is 0 Å². The van der Waals surface area contributed by atoms with Crippen LogP contribution in [0.25, 0.3) is 0 Å². The highest BCUT2D eigenvalue weighted by molar-refractivity contribution is 9.10. The fourth-order valence-electron chi connectivity index (χ4n) is 1.46. The van der Waals surface area contributed by atoms with Gasteiger partial charge in [-0.3, -0.25) is 0 Å². The Kier molecular flexibility index (Phi) is 3.99. The van der Waals surface area contributed by atoms with Crippen molar-refractivity contribution in [1.29, 1.82) is 0 Å². The molecule has 0 amide bonds. The van der Waals surface area contributed by atoms with E-state index in [-0.39, 0.29) is 0 Å². The van der Waals surface area contributed by atoms with E-state index in [9.17, 15) is 0 Å². The van der Waals surface area contributed by atoms with Gasteiger partial charge in [-0.05, 0) is 33.8 Å². The molecule has 0 radical (unpaired) electrons. The Labute approximate surface area is 96.4 Å². The van der Waals surface area contributed by atoms with Crippen molar-refractivity contribution in [2.45, 2.75) is 13.0 Å². The summed E-state index contributed by atoms with van der Waals surface area (Å²) in [7, 11) is 0. The Hall–Kier alpha value is 0.1000. The number of ether oxygens (including phenoxy) is 2. The average molecular weight is 277 g/mol. The second-order valence-electron chi connectivity index (χ2n) is 3.44. The maximum absolute atomic E-state index is 5.64. The molecule has 78 valence electrons. The van der Waals surface area contributed by atoms with Gasteiger partial charge >= 0.3 is 0 Å². The molecular formula is C10H13BrO2S. The minimum Gasteiger partial charge on any atom is -0.381 e. The van der Waals surface area contributed by atoms with Crippen LogP contribution < -0.4 is 0 Å². The Morgan fingerprint density at radius 2 is 2.57 bits per heavy atom. The lowest BCUT2D eigenvalue weighted by Crippen LogP contribution is -2.08. The Bertz CT molecular complexity index is 281. The van der Waals surface area contributed by atoms with Gasteiger partial charge in [-0.25, -0.2) is 0 Å². The van der Waals surface area contributed by atoms with Gasteiger partial charge in [0.05, 0.1) is 19.8 Å². The largest absolute Gasteiger partial charge is 0.381 e. The first-order valence-electron chi connectivity index (χ1n) is 4.73. The van der Waals surface area contributed by atoms with E-state index in [1.807, 2.05) is 0 Å². The molecule has 1 aliphatic heterocycles. The molecule has 0 aliphatic carbocycles. The van der Waals surface area contributed by atoms with E-state index in [4.69, 9.17) is 9.47 Å². The van der Waals surface area contributed by atoms with Crippen LogP contribution in [0.15, 0.2) is 15.9 Å². The molecule has 1 aromatic heterocycles. The van der Waals surface area contributed by atoms with E-state index in [1.54, 1.807) is 11.3 Å². The molecule has 0 bridgehead atoms. The van der Waals surface area contributed by atoms with Crippen molar-refractivity contribution in [1.82, 2.24) is 0 Å². The summed E-state index contributed by atoms with van der Waals surface area (Å²) in [6, 6.07) is 2.06. The number of thiophene rings is 1. The van der Waals surface area contributed by atoms with Crippen LogP contribution in [-0.4, -0.2) is 19.8 Å². The molecule has 14 heavy (non-hydrogen) atoms. The van der Waals surface area contributed by atoms with Crippen LogP contribution in [0, 0.1) is 5.92 Å². The normalized spacial score (nSPS) is 21.6. The van der Waals surface area contributed by atoms with Gasteiger partial charge in [-0.1, -0.05) is 0 Å². The summed E-state index contributed by atoms with van der Waals surface area (Å²) in [5.74, 6) is 0.605. The topological polar surface area (TPSA) is 18.5 Å². The number of hydrogen-bond acceptors (Lipinski definition) is 3. The van der Waals surface area contributed by atoms with Gasteiger partial charge in [0.2, 0.25) is 0 Å². The molecule has 0 N–H and O–H groups in total. The van der Waals surface area contributed by atoms with Crippen molar-refractivity contribution in [3.8, 4) is 0 Å². The van der Waals surface area contributed by atoms with Crippen molar-refractivity contribution in [2.75, 3.05) is 19.8 Å². The van der Waals surface area contributed by atoms with Crippen LogP contribution >= 0.6 is 27.3 Å². The predicted molar refractivity (Wildman–Crippen MR) is 60.6 cm³/mol. The summed E-state index contributed by atoms with van der Waals surface area (Å²) in [5, 5.41) is 2.07. The molecule has 1 fully saturated rings. The summed E-state index contributed by atoms with van der Waals surface area (Å²) in [6.07, 6.45) is 1.14. The third kappa shape index (κ3) is 2.79. The van der Waals surface area contributed by atoms with Gasteiger partial charge < -0.3 is 9.47 Å². The van der Waals surface area contributed by atoms with Crippen molar-refractivity contribution in [3.05, 3.63) is 20.8 Å². The summed E-state index contributed by atoms with van der Waals surface area (Å²) in [4.78, 5) is 1.27. The van der Waals surface area contributed by atoms with E-state index in [2.05, 4.69) is 27.4 Å². The van der Waals surface area contributed by atoms with Crippen LogP contribution in [0.2, 0.25) is 0 Å². The molecule has 0 spiro atoms. The lowest BCUT2D eigenvalue weighted by atomic mass is 10.1. The average Bonchev–Trinajstić information content (AvgIpc) is 2.78. The van der Waals surface area contributed by atoms with E-state index in [1.165, 1.54) is 4.88 Å². The zero-order valence-corrected chi connectivity index (χ0v) is 10.3. The maximum Gasteiger partial charge on any atom is 0.0820 e. The quantitative estimate of drug-likeness (QED) is 0.842. The standard InChI is InChI=1S/C10H13BrO2S/c11-9-2-4-14-10(9)7-13-6-8-1-3-12-5-8/h2,4,8H,1,3,5-7H2. The van der Waals surface area contributed by atoms with Gasteiger partial charge in [0, 0.05) is 21.9 Å². The Balaban J connectivity index is 1.70. The molecule has 1 aliphatic rings. The molecule has 1 unspecified atom stereocenters. The fourth-order valence-corrected chi connectivity index (χ4v) is 2.86. The van der Waals surface area contributed by atoms with Crippen LogP contribution in [-0.2, 0) is 16.1 Å². The summed E-state index contributed by atoms with van der Waals surface area (Å²) < 4.78 is 12.1. The molecule has 2 rings (SSSR count). The van der Waals surface area contributed by atoms with Gasteiger partial charge in [-0.15, -0.1) is 11.3 Å². The molecule has 2 heterocycles. The number of hydrogen-bond donors (Lipinski definition) is 0. The molecule has 0 saturated carbocycles. The fraction of sp³-hybridized carbons (Fsp3) is 0.600. The smallest absolute Gasteiger partial charge is 0.0820 e. The van der Waals surface area contributed by atoms with Gasteiger partial charge in [-0.2, -0.15) is 0 Å². The van der Waals surface area contributed by atoms with Crippen LogP contribution in [0.4, 0.5) is 0 Å². The van der Waals surface area contributed by atoms with Crippen LogP contribution in [0.1, 0.15) is 11.3 Å². The summed E-state index contributed by atoms with van der Waals surface area (Å²) in [5.41, 5.74) is 0. The van der Waals surface area contributed by atoms with Gasteiger partial charge in [0.25, 0.3) is 0 Å². The summed E-state index contributed by atoms with van der Waals surface area (Å²) in [6.45, 7) is 3.31. The van der Waals surface area contributed by atoms with Crippen LogP contribution in [0.3, 0.4) is 0 Å². The highest BCUT2D eigenvalue weighted by Crippen LogP contribution is 2.23. The first-order chi connectivity index (χ1) is 6.86. The van der Waals surface area contributed by atoms with Crippen molar-refractivity contribution < 1.29 is 9.47 Å². The minimum absolute atomic E-state index is 0.605. The molecule has 0 aromatic carbocycles. The number of rotatable bonds is 4. The van der Waals surface area contributed by atoms with Gasteiger partial charge in [0.15, 0.2) is 0 Å². The third-order valence-corrected chi connectivity index (χ3v) is 4.20. The van der Waals surface area contributed by atoms with E-state index < -0.39 is 0 Å². The molecular weight excluding hydrogens is 264 g/mol. The maximum atomic E-state index is 5.64. The molecule has 1 aromatic rings. The summed E-state index contributed by atoms with van der Waals surface area (Å²) >= 11 is 5.21.